The Balaban J connectivity index is 1.90. The number of rotatable bonds is 3. The molecule has 1 aromatic rings. The molecule has 0 atom stereocenters. The van der Waals surface area contributed by atoms with Gasteiger partial charge in [-0.1, -0.05) is 19.3 Å². The van der Waals surface area contributed by atoms with Crippen molar-refractivity contribution in [2.24, 2.45) is 0 Å². The van der Waals surface area contributed by atoms with Gasteiger partial charge in [0.15, 0.2) is 0 Å². The second-order valence-electron chi connectivity index (χ2n) is 4.86. The molecule has 0 bridgehead atoms. The maximum atomic E-state index is 11.8. The van der Waals surface area contributed by atoms with E-state index in [1.807, 2.05) is 0 Å². The van der Waals surface area contributed by atoms with Gasteiger partial charge in [0.25, 0.3) is 5.91 Å². The van der Waals surface area contributed by atoms with Crippen molar-refractivity contribution in [1.82, 2.24) is 5.32 Å². The Bertz CT molecular complexity index is 391. The molecule has 1 aromatic heterocycles. The Morgan fingerprint density at radius 3 is 2.76 bits per heavy atom. The topological polar surface area (TPSA) is 62.5 Å². The van der Waals surface area contributed by atoms with Gasteiger partial charge in [-0.05, 0) is 25.8 Å². The lowest BCUT2D eigenvalue weighted by Crippen LogP contribution is -2.44. The van der Waals surface area contributed by atoms with E-state index >= 15 is 0 Å². The lowest BCUT2D eigenvalue weighted by molar-refractivity contribution is 0.00524. The second-order valence-corrected chi connectivity index (χ2v) is 4.86. The monoisotopic (exact) mass is 237 g/mol. The van der Waals surface area contributed by atoms with E-state index in [1.54, 1.807) is 13.0 Å². The lowest BCUT2D eigenvalue weighted by Gasteiger charge is -2.32. The van der Waals surface area contributed by atoms with Crippen LogP contribution in [0.15, 0.2) is 16.7 Å². The van der Waals surface area contributed by atoms with Crippen molar-refractivity contribution in [3.05, 3.63) is 23.7 Å². The van der Waals surface area contributed by atoms with Gasteiger partial charge in [0.1, 0.15) is 5.76 Å². The molecule has 1 aliphatic rings. The number of hydrogen-bond donors (Lipinski definition) is 2. The first kappa shape index (κ1) is 12.2. The highest BCUT2D eigenvalue weighted by Gasteiger charge is 2.29. The number of amides is 1. The highest BCUT2D eigenvalue weighted by molar-refractivity contribution is 5.95. The van der Waals surface area contributed by atoms with E-state index in [1.165, 1.54) is 12.7 Å². The van der Waals surface area contributed by atoms with Gasteiger partial charge in [-0.2, -0.15) is 0 Å². The Hall–Kier alpha value is -1.29. The third-order valence-corrected chi connectivity index (χ3v) is 3.47. The number of furan rings is 1. The molecule has 1 saturated carbocycles. The molecule has 0 unspecified atom stereocenters. The van der Waals surface area contributed by atoms with Crippen molar-refractivity contribution < 1.29 is 14.3 Å². The van der Waals surface area contributed by atoms with E-state index in [4.69, 9.17) is 4.42 Å². The molecule has 2 N–H and O–H groups in total. The van der Waals surface area contributed by atoms with Crippen LogP contribution in [0.2, 0.25) is 0 Å². The molecule has 0 saturated heterocycles. The van der Waals surface area contributed by atoms with E-state index in [9.17, 15) is 9.90 Å². The van der Waals surface area contributed by atoms with Crippen LogP contribution in [0.1, 0.15) is 48.2 Å². The van der Waals surface area contributed by atoms with E-state index in [-0.39, 0.29) is 5.91 Å². The number of hydrogen-bond acceptors (Lipinski definition) is 3. The zero-order valence-corrected chi connectivity index (χ0v) is 10.2. The fourth-order valence-corrected chi connectivity index (χ4v) is 2.35. The minimum Gasteiger partial charge on any atom is -0.469 e. The van der Waals surface area contributed by atoms with Gasteiger partial charge in [0.2, 0.25) is 0 Å². The minimum absolute atomic E-state index is 0.171. The van der Waals surface area contributed by atoms with Crippen LogP contribution in [0.25, 0.3) is 0 Å². The molecule has 1 heterocycles. The van der Waals surface area contributed by atoms with Gasteiger partial charge >= 0.3 is 0 Å². The van der Waals surface area contributed by atoms with Crippen LogP contribution in [-0.4, -0.2) is 23.2 Å². The van der Waals surface area contributed by atoms with Crippen molar-refractivity contribution in [2.75, 3.05) is 6.54 Å². The highest BCUT2D eigenvalue weighted by atomic mass is 16.3. The van der Waals surface area contributed by atoms with Crippen LogP contribution in [0.5, 0.6) is 0 Å². The molecule has 1 fully saturated rings. The molecule has 0 aromatic carbocycles. The molecule has 0 aliphatic heterocycles. The van der Waals surface area contributed by atoms with Crippen LogP contribution in [0.3, 0.4) is 0 Å². The summed E-state index contributed by atoms with van der Waals surface area (Å²) >= 11 is 0. The molecule has 4 nitrogen and oxygen atoms in total. The maximum Gasteiger partial charge on any atom is 0.254 e. The average molecular weight is 237 g/mol. The first-order valence-corrected chi connectivity index (χ1v) is 6.15. The van der Waals surface area contributed by atoms with Gasteiger partial charge in [-0.3, -0.25) is 4.79 Å². The quantitative estimate of drug-likeness (QED) is 0.845. The van der Waals surface area contributed by atoms with Crippen LogP contribution in [0, 0.1) is 6.92 Å². The standard InChI is InChI=1S/C13H19NO3/c1-10-11(5-8-17-10)12(15)14-9-13(16)6-3-2-4-7-13/h5,8,16H,2-4,6-7,9H2,1H3,(H,14,15). The Kier molecular flexibility index (Phi) is 3.52. The normalized spacial score (nSPS) is 18.9. The number of carbonyl (C=O) groups excluding carboxylic acids is 1. The van der Waals surface area contributed by atoms with Crippen LogP contribution in [0.4, 0.5) is 0 Å². The fraction of sp³-hybridized carbons (Fsp3) is 0.615. The van der Waals surface area contributed by atoms with E-state index in [0.717, 1.165) is 25.7 Å². The summed E-state index contributed by atoms with van der Waals surface area (Å²) in [5.74, 6) is 0.438. The summed E-state index contributed by atoms with van der Waals surface area (Å²) in [7, 11) is 0. The molecule has 1 amide bonds. The molecular formula is C13H19NO3. The van der Waals surface area contributed by atoms with Crippen molar-refractivity contribution >= 4 is 5.91 Å². The second kappa shape index (κ2) is 4.92. The predicted molar refractivity (Wildman–Crippen MR) is 63.8 cm³/mol. The first-order valence-electron chi connectivity index (χ1n) is 6.15. The van der Waals surface area contributed by atoms with E-state index in [0.29, 0.717) is 17.9 Å². The number of carbonyl (C=O) groups is 1. The largest absolute Gasteiger partial charge is 0.469 e. The SMILES string of the molecule is Cc1occc1C(=O)NCC1(O)CCCCC1. The van der Waals surface area contributed by atoms with E-state index in [2.05, 4.69) is 5.32 Å². The first-order chi connectivity index (χ1) is 8.11. The fourth-order valence-electron chi connectivity index (χ4n) is 2.35. The van der Waals surface area contributed by atoms with Crippen molar-refractivity contribution in [2.45, 2.75) is 44.6 Å². The van der Waals surface area contributed by atoms with Crippen molar-refractivity contribution in [3.8, 4) is 0 Å². The minimum atomic E-state index is -0.717. The highest BCUT2D eigenvalue weighted by Crippen LogP contribution is 2.27. The molecule has 94 valence electrons. The van der Waals surface area contributed by atoms with Crippen LogP contribution in [-0.2, 0) is 0 Å². The van der Waals surface area contributed by atoms with Gasteiger partial charge < -0.3 is 14.8 Å². The van der Waals surface area contributed by atoms with Crippen LogP contribution < -0.4 is 5.32 Å². The third kappa shape index (κ3) is 2.88. The van der Waals surface area contributed by atoms with Crippen molar-refractivity contribution in [1.29, 1.82) is 0 Å². The summed E-state index contributed by atoms with van der Waals surface area (Å²) in [6, 6.07) is 1.65. The Labute approximate surface area is 101 Å². The third-order valence-electron chi connectivity index (χ3n) is 3.47. The molecule has 0 radical (unpaired) electrons. The Morgan fingerprint density at radius 2 is 2.18 bits per heavy atom. The molecule has 0 spiro atoms. The smallest absolute Gasteiger partial charge is 0.254 e. The average Bonchev–Trinajstić information content (AvgIpc) is 2.74. The summed E-state index contributed by atoms with van der Waals surface area (Å²) in [5, 5.41) is 13.0. The van der Waals surface area contributed by atoms with Crippen LogP contribution >= 0.6 is 0 Å². The molecule has 1 aliphatic carbocycles. The zero-order chi connectivity index (χ0) is 12.3. The summed E-state index contributed by atoms with van der Waals surface area (Å²) < 4.78 is 5.08. The van der Waals surface area contributed by atoms with Crippen molar-refractivity contribution in [3.63, 3.8) is 0 Å². The number of nitrogens with one attached hydrogen (secondary N) is 1. The summed E-state index contributed by atoms with van der Waals surface area (Å²) in [4.78, 5) is 11.8. The van der Waals surface area contributed by atoms with E-state index < -0.39 is 5.60 Å². The summed E-state index contributed by atoms with van der Waals surface area (Å²) in [5.41, 5.74) is -0.171. The molecule has 4 heteroatoms. The maximum absolute atomic E-state index is 11.8. The lowest BCUT2D eigenvalue weighted by atomic mass is 9.85. The number of aliphatic hydroxyl groups is 1. The number of aryl methyl sites for hydroxylation is 1. The molecular weight excluding hydrogens is 218 g/mol. The molecule has 17 heavy (non-hydrogen) atoms. The Morgan fingerprint density at radius 1 is 1.47 bits per heavy atom. The zero-order valence-electron chi connectivity index (χ0n) is 10.2. The van der Waals surface area contributed by atoms with Gasteiger partial charge in [0, 0.05) is 6.54 Å². The van der Waals surface area contributed by atoms with Gasteiger partial charge in [-0.15, -0.1) is 0 Å². The van der Waals surface area contributed by atoms with Gasteiger partial charge in [0.05, 0.1) is 17.4 Å². The predicted octanol–water partition coefficient (Wildman–Crippen LogP) is 2.01. The van der Waals surface area contributed by atoms with Gasteiger partial charge in [-0.25, -0.2) is 0 Å². The summed E-state index contributed by atoms with van der Waals surface area (Å²) in [6.45, 7) is 2.08. The molecule has 2 rings (SSSR count). The summed E-state index contributed by atoms with van der Waals surface area (Å²) in [6.07, 6.45) is 6.31.